The summed E-state index contributed by atoms with van der Waals surface area (Å²) < 4.78 is 38.4. The van der Waals surface area contributed by atoms with Crippen LogP contribution in [0, 0.1) is 3.82 Å². The number of aryl methyl sites for hydroxylation is 1. The van der Waals surface area contributed by atoms with Gasteiger partial charge in [-0.05, 0) is 36.1 Å². The summed E-state index contributed by atoms with van der Waals surface area (Å²) in [6, 6.07) is 4.84. The monoisotopic (exact) mass is 442 g/mol. The Morgan fingerprint density at radius 3 is 2.54 bits per heavy atom. The first-order chi connectivity index (χ1) is 11.9. The van der Waals surface area contributed by atoms with Gasteiger partial charge < -0.3 is 4.74 Å². The summed E-state index contributed by atoms with van der Waals surface area (Å²) in [5.74, 6) is 0.137. The molecule has 1 heterocycles. The summed E-state index contributed by atoms with van der Waals surface area (Å²) in [6.45, 7) is 2.19. The van der Waals surface area contributed by atoms with Gasteiger partial charge in [0, 0.05) is 11.3 Å². The van der Waals surface area contributed by atoms with E-state index in [2.05, 4.69) is 6.92 Å². The Hall–Kier alpha value is 0.200. The molecule has 2 rings (SSSR count). The van der Waals surface area contributed by atoms with Crippen molar-refractivity contribution in [3.8, 4) is 5.75 Å². The van der Waals surface area contributed by atoms with Crippen LogP contribution < -0.4 is 4.74 Å². The number of rotatable bonds is 9. The molecule has 1 N–H and O–H groups in total. The Labute approximate surface area is 190 Å². The molecule has 0 unspecified atom stereocenters. The Morgan fingerprint density at radius 2 is 1.92 bits per heavy atom. The molecule has 0 aliphatic rings. The van der Waals surface area contributed by atoms with Gasteiger partial charge in [0.25, 0.3) is 10.1 Å². The Bertz CT molecular complexity index is 871. The second-order valence-electron chi connectivity index (χ2n) is 5.80. The van der Waals surface area contributed by atoms with Crippen molar-refractivity contribution in [3.63, 3.8) is 0 Å². The molecule has 4 nitrogen and oxygen atoms in total. The molecule has 9 heteroatoms. The molecule has 0 fully saturated rings. The van der Waals surface area contributed by atoms with Crippen molar-refractivity contribution >= 4 is 72.6 Å². The van der Waals surface area contributed by atoms with Gasteiger partial charge >= 0.3 is 29.6 Å². The average Bonchev–Trinajstić information content (AvgIpc) is 2.91. The molecule has 0 aliphatic heterocycles. The third-order valence-corrected chi connectivity index (χ3v) is 8.12. The zero-order valence-electron chi connectivity index (χ0n) is 14.3. The van der Waals surface area contributed by atoms with Gasteiger partial charge in [-0.25, -0.2) is 0 Å². The minimum absolute atomic E-state index is 0. The molecule has 0 saturated heterocycles. The second kappa shape index (κ2) is 11.3. The normalized spacial score (nSPS) is 11.2. The van der Waals surface area contributed by atoms with Crippen LogP contribution in [-0.2, 0) is 23.0 Å². The average molecular weight is 443 g/mol. The van der Waals surface area contributed by atoms with Gasteiger partial charge in [-0.15, -0.1) is 0 Å². The number of methoxy groups -OCH3 is 1. The molecule has 0 spiro atoms. The van der Waals surface area contributed by atoms with Gasteiger partial charge in [-0.2, -0.15) is 8.42 Å². The maximum atomic E-state index is 11.6. The van der Waals surface area contributed by atoms with Gasteiger partial charge in [-0.1, -0.05) is 65.2 Å². The van der Waals surface area contributed by atoms with Crippen molar-refractivity contribution in [2.75, 3.05) is 7.11 Å². The van der Waals surface area contributed by atoms with Crippen molar-refractivity contribution in [1.82, 2.24) is 0 Å². The summed E-state index contributed by atoms with van der Waals surface area (Å²) in [5, 5.41) is 0. The zero-order chi connectivity index (χ0) is 18.4. The Morgan fingerprint density at radius 1 is 1.19 bits per heavy atom. The van der Waals surface area contributed by atoms with E-state index in [0.29, 0.717) is 6.42 Å². The molecule has 1 aromatic heterocycles. The van der Waals surface area contributed by atoms with Crippen LogP contribution in [0.5, 0.6) is 5.75 Å². The first-order valence-corrected chi connectivity index (χ1v) is 12.1. The summed E-state index contributed by atoms with van der Waals surface area (Å²) in [5.41, 5.74) is 1.90. The number of unbranched alkanes of at least 4 members (excludes halogenated alkanes) is 3. The van der Waals surface area contributed by atoms with E-state index in [1.165, 1.54) is 37.3 Å². The van der Waals surface area contributed by atoms with Gasteiger partial charge in [0.05, 0.1) is 7.11 Å². The maximum absolute atomic E-state index is 11.6. The van der Waals surface area contributed by atoms with Crippen LogP contribution in [0.3, 0.4) is 0 Å². The quantitative estimate of drug-likeness (QED) is 0.198. The fourth-order valence-electron chi connectivity index (χ4n) is 2.61. The van der Waals surface area contributed by atoms with Gasteiger partial charge in [0.1, 0.15) is 14.5 Å². The molecule has 0 saturated carbocycles. The van der Waals surface area contributed by atoms with E-state index < -0.39 is 10.1 Å². The molecular weight excluding hydrogens is 419 g/mol. The van der Waals surface area contributed by atoms with E-state index in [1.807, 2.05) is 6.07 Å². The van der Waals surface area contributed by atoms with Gasteiger partial charge in [0.2, 0.25) is 0 Å². The zero-order valence-corrected chi connectivity index (χ0v) is 17.5. The van der Waals surface area contributed by atoms with Crippen molar-refractivity contribution in [3.05, 3.63) is 38.0 Å². The van der Waals surface area contributed by atoms with E-state index in [1.54, 1.807) is 26.7 Å². The van der Waals surface area contributed by atoms with Gasteiger partial charge in [0.15, 0.2) is 0 Å². The summed E-state index contributed by atoms with van der Waals surface area (Å²) in [4.78, 5) is 1.08. The summed E-state index contributed by atoms with van der Waals surface area (Å²) in [6.07, 6.45) is 6.36. The Kier molecular flexibility index (Phi) is 10.5. The van der Waals surface area contributed by atoms with Crippen LogP contribution >= 0.6 is 32.9 Å². The standard InChI is InChI=1S/C17H22O4S4.Na.H/c1-3-4-5-6-7-15-13(17(22)24-23-15)10-12-8-9-14(21-2)16(11-12)25(18,19)20;;/h8-9,11H,3-7,10H2,1-2H3,(H,18,19,20);;. The van der Waals surface area contributed by atoms with Crippen molar-refractivity contribution in [2.45, 2.75) is 50.3 Å². The third-order valence-electron chi connectivity index (χ3n) is 3.95. The van der Waals surface area contributed by atoms with Crippen molar-refractivity contribution in [1.29, 1.82) is 0 Å². The number of hydrogen-bond acceptors (Lipinski definition) is 6. The van der Waals surface area contributed by atoms with Crippen LogP contribution in [0.15, 0.2) is 23.1 Å². The number of hydrogen-bond donors (Lipinski definition) is 1. The number of benzene rings is 1. The first-order valence-electron chi connectivity index (χ1n) is 8.12. The fourth-order valence-corrected chi connectivity index (χ4v) is 6.31. The van der Waals surface area contributed by atoms with E-state index in [-0.39, 0.29) is 40.2 Å². The first kappa shape index (κ1) is 24.2. The fraction of sp³-hybridized carbons (Fsp3) is 0.471. The molecule has 0 aliphatic carbocycles. The molecule has 0 bridgehead atoms. The van der Waals surface area contributed by atoms with E-state index >= 15 is 0 Å². The third kappa shape index (κ3) is 6.67. The predicted molar refractivity (Wildman–Crippen MR) is 114 cm³/mol. The van der Waals surface area contributed by atoms with E-state index in [9.17, 15) is 13.0 Å². The summed E-state index contributed by atoms with van der Waals surface area (Å²) in [7, 11) is 0.353. The van der Waals surface area contributed by atoms with Crippen LogP contribution in [0.2, 0.25) is 0 Å². The molecule has 26 heavy (non-hydrogen) atoms. The molecule has 0 radical (unpaired) electrons. The van der Waals surface area contributed by atoms with Crippen molar-refractivity contribution in [2.24, 2.45) is 0 Å². The minimum atomic E-state index is -4.33. The van der Waals surface area contributed by atoms with E-state index in [4.69, 9.17) is 17.0 Å². The topological polar surface area (TPSA) is 63.6 Å². The van der Waals surface area contributed by atoms with Crippen LogP contribution in [0.4, 0.5) is 0 Å². The molecular formula is C17H23NaO4S4. The Balaban J connectivity index is 0.00000338. The van der Waals surface area contributed by atoms with Crippen LogP contribution in [0.25, 0.3) is 0 Å². The molecule has 2 aromatic rings. The molecule has 0 amide bonds. The predicted octanol–water partition coefficient (Wildman–Crippen LogP) is 4.86. The number of ether oxygens (including phenoxy) is 1. The molecule has 1 aromatic carbocycles. The van der Waals surface area contributed by atoms with Gasteiger partial charge in [-0.3, -0.25) is 4.55 Å². The summed E-state index contributed by atoms with van der Waals surface area (Å²) >= 11 is 5.47. The second-order valence-corrected chi connectivity index (χ2v) is 10.1. The van der Waals surface area contributed by atoms with Crippen molar-refractivity contribution < 1.29 is 17.7 Å². The van der Waals surface area contributed by atoms with Crippen LogP contribution in [0.1, 0.15) is 48.6 Å². The molecule has 0 atom stereocenters. The SMILES string of the molecule is CCCCCCc1ssc(=S)c1Cc1ccc(OC)c(S(=O)(=O)O)c1.[NaH]. The molecule has 140 valence electrons. The van der Waals surface area contributed by atoms with E-state index in [0.717, 1.165) is 27.8 Å². The van der Waals surface area contributed by atoms with Crippen LogP contribution in [-0.4, -0.2) is 49.6 Å².